The van der Waals surface area contributed by atoms with Gasteiger partial charge in [-0.3, -0.25) is 0 Å². The van der Waals surface area contributed by atoms with Gasteiger partial charge in [-0.05, 0) is 80.4 Å². The number of hydrogen-bond donors (Lipinski definition) is 1. The van der Waals surface area contributed by atoms with Gasteiger partial charge in [0, 0.05) is 12.1 Å². The Kier molecular flexibility index (Phi) is 3.25. The summed E-state index contributed by atoms with van der Waals surface area (Å²) in [5.41, 5.74) is 3.09. The zero-order chi connectivity index (χ0) is 14.4. The highest BCUT2D eigenvalue weighted by Gasteiger charge is 2.50. The van der Waals surface area contributed by atoms with Gasteiger partial charge in [-0.25, -0.2) is 0 Å². The molecule has 1 aromatic rings. The van der Waals surface area contributed by atoms with Gasteiger partial charge in [0.05, 0.1) is 7.11 Å². The number of methoxy groups -OCH3 is 1. The summed E-state index contributed by atoms with van der Waals surface area (Å²) in [5.74, 6) is 4.04. The van der Waals surface area contributed by atoms with Crippen LogP contribution in [0.5, 0.6) is 5.75 Å². The van der Waals surface area contributed by atoms with E-state index in [1.165, 1.54) is 49.7 Å². The maximum absolute atomic E-state index is 5.36. The first-order valence-corrected chi connectivity index (χ1v) is 8.54. The zero-order valence-corrected chi connectivity index (χ0v) is 13.3. The van der Waals surface area contributed by atoms with Crippen molar-refractivity contribution < 1.29 is 4.74 Å². The molecule has 0 aliphatic heterocycles. The lowest BCUT2D eigenvalue weighted by Crippen LogP contribution is -2.58. The van der Waals surface area contributed by atoms with Gasteiger partial charge < -0.3 is 10.1 Å². The Morgan fingerprint density at radius 3 is 2.24 bits per heavy atom. The normalized spacial score (nSPS) is 37.0. The van der Waals surface area contributed by atoms with Crippen LogP contribution in [0.1, 0.15) is 49.7 Å². The van der Waals surface area contributed by atoms with Crippen molar-refractivity contribution in [1.82, 2.24) is 5.32 Å². The van der Waals surface area contributed by atoms with Crippen LogP contribution in [0.2, 0.25) is 0 Å². The van der Waals surface area contributed by atoms with Crippen LogP contribution < -0.4 is 10.1 Å². The molecular weight excluding hydrogens is 258 g/mol. The van der Waals surface area contributed by atoms with E-state index in [0.29, 0.717) is 5.54 Å². The topological polar surface area (TPSA) is 21.3 Å². The molecule has 4 fully saturated rings. The molecule has 5 rings (SSSR count). The van der Waals surface area contributed by atoms with Crippen LogP contribution in [-0.4, -0.2) is 12.6 Å². The van der Waals surface area contributed by atoms with Crippen molar-refractivity contribution in [2.45, 2.75) is 57.5 Å². The molecule has 4 aliphatic rings. The lowest BCUT2D eigenvalue weighted by atomic mass is 9.53. The molecule has 1 aromatic carbocycles. The van der Waals surface area contributed by atoms with Crippen molar-refractivity contribution in [3.8, 4) is 5.75 Å². The van der Waals surface area contributed by atoms with Crippen LogP contribution in [0.25, 0.3) is 0 Å². The maximum Gasteiger partial charge on any atom is 0.121 e. The maximum atomic E-state index is 5.36. The lowest BCUT2D eigenvalue weighted by Gasteiger charge is -2.57. The number of aryl methyl sites for hydroxylation is 1. The van der Waals surface area contributed by atoms with Crippen molar-refractivity contribution in [3.05, 3.63) is 29.3 Å². The number of rotatable bonds is 4. The fourth-order valence-corrected chi connectivity index (χ4v) is 5.67. The van der Waals surface area contributed by atoms with E-state index in [4.69, 9.17) is 4.74 Å². The molecule has 2 heteroatoms. The van der Waals surface area contributed by atoms with Gasteiger partial charge in [0.2, 0.25) is 0 Å². The number of ether oxygens (including phenoxy) is 1. The highest BCUT2D eigenvalue weighted by molar-refractivity contribution is 5.36. The monoisotopic (exact) mass is 285 g/mol. The van der Waals surface area contributed by atoms with Crippen LogP contribution in [0.3, 0.4) is 0 Å². The third-order valence-electron chi connectivity index (χ3n) is 6.17. The molecule has 0 atom stereocenters. The number of benzene rings is 1. The summed E-state index contributed by atoms with van der Waals surface area (Å²) in [4.78, 5) is 0. The van der Waals surface area contributed by atoms with Crippen LogP contribution in [0.4, 0.5) is 0 Å². The van der Waals surface area contributed by atoms with Gasteiger partial charge >= 0.3 is 0 Å². The Hall–Kier alpha value is -1.02. The van der Waals surface area contributed by atoms with Crippen LogP contribution in [-0.2, 0) is 6.54 Å². The Balaban J connectivity index is 1.46. The summed E-state index contributed by atoms with van der Waals surface area (Å²) >= 11 is 0. The van der Waals surface area contributed by atoms with Crippen molar-refractivity contribution in [2.75, 3.05) is 7.11 Å². The summed E-state index contributed by atoms with van der Waals surface area (Å²) in [6, 6.07) is 6.58. The summed E-state index contributed by atoms with van der Waals surface area (Å²) < 4.78 is 5.36. The van der Waals surface area contributed by atoms with Gasteiger partial charge in [-0.15, -0.1) is 0 Å². The molecule has 114 valence electrons. The average Bonchev–Trinajstić information content (AvgIpc) is 2.44. The summed E-state index contributed by atoms with van der Waals surface area (Å²) in [5, 5.41) is 3.97. The third kappa shape index (κ3) is 2.48. The predicted octanol–water partition coefficient (Wildman–Crippen LogP) is 4.06. The molecular formula is C19H27NO. The molecule has 4 aliphatic carbocycles. The molecule has 0 heterocycles. The SMILES string of the molecule is COc1ccc(CNC23CC4CC(CC(C4)C2)C3)cc1C. The molecule has 4 bridgehead atoms. The minimum atomic E-state index is 0.461. The standard InChI is InChI=1S/C19H27NO/c1-13-5-14(3-4-18(13)21-2)12-20-19-9-15-6-16(10-19)8-17(7-15)11-19/h3-5,15-17,20H,6-12H2,1-2H3. The molecule has 0 saturated heterocycles. The summed E-state index contributed by atoms with van der Waals surface area (Å²) in [7, 11) is 1.75. The molecule has 0 radical (unpaired) electrons. The van der Waals surface area contributed by atoms with Gasteiger partial charge in [-0.2, -0.15) is 0 Å². The van der Waals surface area contributed by atoms with Gasteiger partial charge in [-0.1, -0.05) is 12.1 Å². The summed E-state index contributed by atoms with van der Waals surface area (Å²) in [6.45, 7) is 3.14. The lowest BCUT2D eigenvalue weighted by molar-refractivity contribution is -0.0206. The van der Waals surface area contributed by atoms with Gasteiger partial charge in [0.15, 0.2) is 0 Å². The van der Waals surface area contributed by atoms with Crippen molar-refractivity contribution in [1.29, 1.82) is 0 Å². The van der Waals surface area contributed by atoms with Crippen molar-refractivity contribution >= 4 is 0 Å². The summed E-state index contributed by atoms with van der Waals surface area (Å²) in [6.07, 6.45) is 8.82. The number of nitrogens with one attached hydrogen (secondary N) is 1. The molecule has 0 amide bonds. The molecule has 0 unspecified atom stereocenters. The first-order valence-electron chi connectivity index (χ1n) is 8.54. The van der Waals surface area contributed by atoms with Gasteiger partial charge in [0.25, 0.3) is 0 Å². The van der Waals surface area contributed by atoms with E-state index in [1.54, 1.807) is 7.11 Å². The molecule has 2 nitrogen and oxygen atoms in total. The average molecular weight is 285 g/mol. The second kappa shape index (κ2) is 5.01. The third-order valence-corrected chi connectivity index (χ3v) is 6.17. The minimum Gasteiger partial charge on any atom is -0.496 e. The highest BCUT2D eigenvalue weighted by Crippen LogP contribution is 2.55. The molecule has 0 aromatic heterocycles. The second-order valence-electron chi connectivity index (χ2n) is 7.86. The van der Waals surface area contributed by atoms with E-state index in [2.05, 4.69) is 30.4 Å². The highest BCUT2D eigenvalue weighted by atomic mass is 16.5. The van der Waals surface area contributed by atoms with Crippen molar-refractivity contribution in [3.63, 3.8) is 0 Å². The Bertz CT molecular complexity index is 501. The van der Waals surface area contributed by atoms with E-state index in [0.717, 1.165) is 30.0 Å². The fourth-order valence-electron chi connectivity index (χ4n) is 5.67. The quantitative estimate of drug-likeness (QED) is 0.900. The molecule has 21 heavy (non-hydrogen) atoms. The van der Waals surface area contributed by atoms with Crippen LogP contribution in [0, 0.1) is 24.7 Å². The Labute approximate surface area is 128 Å². The Morgan fingerprint density at radius 2 is 1.71 bits per heavy atom. The fraction of sp³-hybridized carbons (Fsp3) is 0.684. The Morgan fingerprint density at radius 1 is 1.10 bits per heavy atom. The smallest absolute Gasteiger partial charge is 0.121 e. The first-order chi connectivity index (χ1) is 10.2. The minimum absolute atomic E-state index is 0.461. The second-order valence-corrected chi connectivity index (χ2v) is 7.86. The van der Waals surface area contributed by atoms with Crippen LogP contribution >= 0.6 is 0 Å². The van der Waals surface area contributed by atoms with Crippen LogP contribution in [0.15, 0.2) is 18.2 Å². The first kappa shape index (κ1) is 13.6. The van der Waals surface area contributed by atoms with Crippen molar-refractivity contribution in [2.24, 2.45) is 17.8 Å². The molecule has 4 saturated carbocycles. The van der Waals surface area contributed by atoms with E-state index in [-0.39, 0.29) is 0 Å². The number of hydrogen-bond acceptors (Lipinski definition) is 2. The van der Waals surface area contributed by atoms with Gasteiger partial charge in [0.1, 0.15) is 5.75 Å². The zero-order valence-electron chi connectivity index (χ0n) is 13.3. The van der Waals surface area contributed by atoms with E-state index >= 15 is 0 Å². The van der Waals surface area contributed by atoms with E-state index < -0.39 is 0 Å². The van der Waals surface area contributed by atoms with E-state index in [9.17, 15) is 0 Å². The molecule has 1 N–H and O–H groups in total. The van der Waals surface area contributed by atoms with E-state index in [1.807, 2.05) is 0 Å². The largest absolute Gasteiger partial charge is 0.496 e. The molecule has 0 spiro atoms. The predicted molar refractivity (Wildman–Crippen MR) is 85.5 cm³/mol.